The highest BCUT2D eigenvalue weighted by Crippen LogP contribution is 2.40. The van der Waals surface area contributed by atoms with Crippen molar-refractivity contribution in [1.82, 2.24) is 5.32 Å². The molecule has 1 aliphatic heterocycles. The lowest BCUT2D eigenvalue weighted by atomic mass is 9.95. The summed E-state index contributed by atoms with van der Waals surface area (Å²) < 4.78 is 55.1. The van der Waals surface area contributed by atoms with Gasteiger partial charge in [-0.25, -0.2) is 9.18 Å². The Labute approximate surface area is 186 Å². The van der Waals surface area contributed by atoms with Gasteiger partial charge in [-0.05, 0) is 49.2 Å². The molecular formula is C23H18F4N4O2. The van der Waals surface area contributed by atoms with Crippen LogP contribution >= 0.6 is 0 Å². The second kappa shape index (κ2) is 8.24. The lowest BCUT2D eigenvalue weighted by Gasteiger charge is -2.28. The number of hydrogen-bond acceptors (Lipinski definition) is 3. The number of nitrogens with zero attached hydrogens (tertiary/aromatic N) is 3. The van der Waals surface area contributed by atoms with E-state index in [1.54, 1.807) is 6.08 Å². The largest absolute Gasteiger partial charge is 0.417 e. The molecule has 0 radical (unpaired) electrons. The molecule has 0 aromatic heterocycles. The minimum atomic E-state index is -4.77. The number of anilines is 2. The molecule has 0 bridgehead atoms. The summed E-state index contributed by atoms with van der Waals surface area (Å²) in [5.74, 6) is -1.44. The molecule has 0 spiro atoms. The van der Waals surface area contributed by atoms with Crippen molar-refractivity contribution >= 4 is 23.3 Å². The van der Waals surface area contributed by atoms with Gasteiger partial charge in [0.15, 0.2) is 0 Å². The number of rotatable bonds is 3. The molecule has 0 saturated carbocycles. The molecule has 2 aromatic rings. The minimum Gasteiger partial charge on any atom is -0.355 e. The topological polar surface area (TPSA) is 76.4 Å². The van der Waals surface area contributed by atoms with Gasteiger partial charge in [0, 0.05) is 18.4 Å². The highest BCUT2D eigenvalue weighted by Gasteiger charge is 2.47. The maximum Gasteiger partial charge on any atom is 0.417 e. The number of nitrogens with one attached hydrogen (secondary N) is 1. The van der Waals surface area contributed by atoms with E-state index < -0.39 is 47.1 Å². The first-order valence-electron chi connectivity index (χ1n) is 10.1. The smallest absolute Gasteiger partial charge is 0.355 e. The molecule has 6 nitrogen and oxygen atoms in total. The van der Waals surface area contributed by atoms with Crippen molar-refractivity contribution in [3.05, 3.63) is 71.1 Å². The quantitative estimate of drug-likeness (QED) is 0.539. The predicted octanol–water partition coefficient (Wildman–Crippen LogP) is 4.61. The van der Waals surface area contributed by atoms with Crippen molar-refractivity contribution < 1.29 is 27.2 Å². The van der Waals surface area contributed by atoms with Crippen molar-refractivity contribution in [3.8, 4) is 6.07 Å². The molecule has 170 valence electrons. The summed E-state index contributed by atoms with van der Waals surface area (Å²) in [6, 6.07) is 6.76. The second-order valence-corrected chi connectivity index (χ2v) is 7.67. The second-order valence-electron chi connectivity index (χ2n) is 7.67. The molecule has 2 atom stereocenters. The molecule has 10 heteroatoms. The molecule has 4 rings (SSSR count). The Kier molecular flexibility index (Phi) is 5.57. The lowest BCUT2D eigenvalue weighted by Crippen LogP contribution is -2.38. The van der Waals surface area contributed by atoms with Crippen LogP contribution in [0.1, 0.15) is 34.3 Å². The summed E-state index contributed by atoms with van der Waals surface area (Å²) in [4.78, 5) is 27.8. The normalized spacial score (nSPS) is 19.9. The van der Waals surface area contributed by atoms with Gasteiger partial charge in [-0.1, -0.05) is 12.2 Å². The van der Waals surface area contributed by atoms with Crippen LogP contribution in [0, 0.1) is 17.1 Å². The Morgan fingerprint density at radius 2 is 1.85 bits per heavy atom. The van der Waals surface area contributed by atoms with Crippen LogP contribution in [0.25, 0.3) is 0 Å². The van der Waals surface area contributed by atoms with Crippen molar-refractivity contribution in [1.29, 1.82) is 5.26 Å². The monoisotopic (exact) mass is 458 g/mol. The van der Waals surface area contributed by atoms with Gasteiger partial charge in [0.05, 0.1) is 34.8 Å². The van der Waals surface area contributed by atoms with Crippen LogP contribution in [0.3, 0.4) is 0 Å². The summed E-state index contributed by atoms with van der Waals surface area (Å²) in [5.41, 5.74) is -1.68. The molecule has 1 aliphatic carbocycles. The Morgan fingerprint density at radius 1 is 1.15 bits per heavy atom. The number of nitriles is 1. The zero-order chi connectivity index (χ0) is 23.9. The Morgan fingerprint density at radius 3 is 2.48 bits per heavy atom. The van der Waals surface area contributed by atoms with Crippen LogP contribution in [0.5, 0.6) is 0 Å². The van der Waals surface area contributed by atoms with Crippen LogP contribution in [-0.2, 0) is 6.18 Å². The zero-order valence-corrected chi connectivity index (χ0v) is 17.4. The number of fused-ring (bicyclic) bond motifs is 1. The van der Waals surface area contributed by atoms with E-state index in [-0.39, 0.29) is 16.9 Å². The van der Waals surface area contributed by atoms with Crippen molar-refractivity contribution in [2.45, 2.75) is 31.1 Å². The Balaban J connectivity index is 1.79. The van der Waals surface area contributed by atoms with Gasteiger partial charge in [-0.3, -0.25) is 14.6 Å². The predicted molar refractivity (Wildman–Crippen MR) is 112 cm³/mol. The number of carbonyl (C=O) groups excluding carboxylic acids is 2. The molecule has 2 aliphatic rings. The SMILES string of the molecule is CNC(=O)c1ccc(N2C(=O)N(c3ccc(C#N)c(C(F)(F)F)c3)C3C=CCCC32)cc1F. The molecule has 1 fully saturated rings. The maximum atomic E-state index is 14.6. The number of alkyl halides is 3. The summed E-state index contributed by atoms with van der Waals surface area (Å²) in [6.45, 7) is 0. The van der Waals surface area contributed by atoms with Gasteiger partial charge in [-0.2, -0.15) is 18.4 Å². The first-order chi connectivity index (χ1) is 15.7. The third-order valence-electron chi connectivity index (χ3n) is 5.81. The van der Waals surface area contributed by atoms with Crippen molar-refractivity contribution in [3.63, 3.8) is 0 Å². The lowest BCUT2D eigenvalue weighted by molar-refractivity contribution is -0.137. The van der Waals surface area contributed by atoms with E-state index in [9.17, 15) is 27.2 Å². The summed E-state index contributed by atoms with van der Waals surface area (Å²) in [5, 5.41) is 11.4. The highest BCUT2D eigenvalue weighted by atomic mass is 19.4. The van der Waals surface area contributed by atoms with Crippen LogP contribution in [0.15, 0.2) is 48.6 Å². The summed E-state index contributed by atoms with van der Waals surface area (Å²) >= 11 is 0. The van der Waals surface area contributed by atoms with Crippen molar-refractivity contribution in [2.24, 2.45) is 0 Å². The fraction of sp³-hybridized carbons (Fsp3) is 0.261. The standard InChI is InChI=1S/C23H18F4N4O2/c1-29-21(32)16-9-8-15(11-18(16)24)31-20-5-3-2-4-19(20)30(22(31)33)14-7-6-13(12-28)17(10-14)23(25,26)27/h2,4,6-11,19-20H,3,5H2,1H3,(H,29,32). The van der Waals surface area contributed by atoms with E-state index in [4.69, 9.17) is 5.26 Å². The van der Waals surface area contributed by atoms with E-state index in [0.29, 0.717) is 12.8 Å². The number of urea groups is 1. The average Bonchev–Trinajstić information content (AvgIpc) is 3.09. The van der Waals surface area contributed by atoms with Gasteiger partial charge in [0.2, 0.25) is 0 Å². The van der Waals surface area contributed by atoms with Crippen LogP contribution in [0.4, 0.5) is 33.7 Å². The first-order valence-corrected chi connectivity index (χ1v) is 10.1. The van der Waals surface area contributed by atoms with Gasteiger partial charge in [0.25, 0.3) is 5.91 Å². The number of amides is 3. The van der Waals surface area contributed by atoms with Crippen LogP contribution < -0.4 is 15.1 Å². The molecule has 2 unspecified atom stereocenters. The zero-order valence-electron chi connectivity index (χ0n) is 17.4. The highest BCUT2D eigenvalue weighted by molar-refractivity contribution is 6.08. The molecule has 1 saturated heterocycles. The van der Waals surface area contributed by atoms with E-state index in [2.05, 4.69) is 5.32 Å². The maximum absolute atomic E-state index is 14.6. The third kappa shape index (κ3) is 3.80. The van der Waals surface area contributed by atoms with Gasteiger partial charge in [0.1, 0.15) is 5.82 Å². The van der Waals surface area contributed by atoms with Gasteiger partial charge < -0.3 is 5.32 Å². The molecule has 33 heavy (non-hydrogen) atoms. The molecule has 1 heterocycles. The fourth-order valence-corrected chi connectivity index (χ4v) is 4.30. The van der Waals surface area contributed by atoms with Gasteiger partial charge in [-0.15, -0.1) is 0 Å². The Bertz CT molecular complexity index is 1200. The fourth-order valence-electron chi connectivity index (χ4n) is 4.30. The average molecular weight is 458 g/mol. The number of benzene rings is 2. The summed E-state index contributed by atoms with van der Waals surface area (Å²) in [7, 11) is 1.36. The molecule has 2 aromatic carbocycles. The number of allylic oxidation sites excluding steroid dienone is 1. The van der Waals surface area contributed by atoms with E-state index in [1.165, 1.54) is 41.1 Å². The number of halogens is 4. The van der Waals surface area contributed by atoms with Crippen LogP contribution in [0.2, 0.25) is 0 Å². The van der Waals surface area contributed by atoms with Crippen LogP contribution in [-0.4, -0.2) is 31.1 Å². The van der Waals surface area contributed by atoms with E-state index >= 15 is 0 Å². The summed E-state index contributed by atoms with van der Waals surface area (Å²) in [6.07, 6.45) is -0.0329. The first kappa shape index (κ1) is 22.3. The Hall–Kier alpha value is -3.87. The molecule has 1 N–H and O–H groups in total. The van der Waals surface area contributed by atoms with E-state index in [0.717, 1.165) is 18.2 Å². The van der Waals surface area contributed by atoms with E-state index in [1.807, 2.05) is 6.08 Å². The molecular weight excluding hydrogens is 440 g/mol. The number of hydrogen-bond donors (Lipinski definition) is 1. The minimum absolute atomic E-state index is 0.0159. The van der Waals surface area contributed by atoms with Crippen molar-refractivity contribution in [2.75, 3.05) is 16.8 Å². The number of carbonyl (C=O) groups is 2. The molecule has 3 amide bonds. The third-order valence-corrected chi connectivity index (χ3v) is 5.81. The van der Waals surface area contributed by atoms with Gasteiger partial charge >= 0.3 is 12.2 Å².